The highest BCUT2D eigenvalue weighted by atomic mass is 19.4. The number of hydrogen-bond donors (Lipinski definition) is 1. The Morgan fingerprint density at radius 3 is 2.62 bits per heavy atom. The summed E-state index contributed by atoms with van der Waals surface area (Å²) in [6.45, 7) is 3.22. The minimum Gasteiger partial charge on any atom is -0.352 e. The summed E-state index contributed by atoms with van der Waals surface area (Å²) in [6.07, 6.45) is -1.44. The first-order valence-electron chi connectivity index (χ1n) is 7.60. The third-order valence-electron chi connectivity index (χ3n) is 4.18. The van der Waals surface area contributed by atoms with Gasteiger partial charge >= 0.3 is 6.18 Å². The Balaban J connectivity index is 1.98. The fourth-order valence-electron chi connectivity index (χ4n) is 2.99. The highest BCUT2D eigenvalue weighted by Gasteiger charge is 2.31. The molecule has 0 spiro atoms. The summed E-state index contributed by atoms with van der Waals surface area (Å²) in [6, 6.07) is 3.60. The SMILES string of the molecule is FC(F)(F)c1ccc2nc(N3CCNCC3)c3ncncc3c2c1. The van der Waals surface area contributed by atoms with Crippen LogP contribution in [0, 0.1) is 0 Å². The second-order valence-electron chi connectivity index (χ2n) is 5.69. The number of hydrogen-bond acceptors (Lipinski definition) is 5. The van der Waals surface area contributed by atoms with Gasteiger partial charge < -0.3 is 10.2 Å². The molecule has 1 N–H and O–H groups in total. The first-order valence-corrected chi connectivity index (χ1v) is 7.60. The Hall–Kier alpha value is -2.48. The number of alkyl halides is 3. The van der Waals surface area contributed by atoms with Crippen LogP contribution in [0.4, 0.5) is 19.0 Å². The van der Waals surface area contributed by atoms with Crippen molar-refractivity contribution in [3.63, 3.8) is 0 Å². The van der Waals surface area contributed by atoms with Crippen LogP contribution >= 0.6 is 0 Å². The molecule has 1 aliphatic heterocycles. The molecule has 24 heavy (non-hydrogen) atoms. The van der Waals surface area contributed by atoms with Crippen LogP contribution in [0.5, 0.6) is 0 Å². The molecule has 2 aromatic heterocycles. The maximum absolute atomic E-state index is 13.0. The van der Waals surface area contributed by atoms with Crippen LogP contribution in [0.1, 0.15) is 5.56 Å². The Morgan fingerprint density at radius 1 is 1.08 bits per heavy atom. The van der Waals surface area contributed by atoms with E-state index in [1.165, 1.54) is 12.4 Å². The molecular formula is C16H14F3N5. The normalized spacial score (nSPS) is 16.0. The van der Waals surface area contributed by atoms with Gasteiger partial charge in [0.25, 0.3) is 0 Å². The zero-order chi connectivity index (χ0) is 16.7. The van der Waals surface area contributed by atoms with Gasteiger partial charge in [0.1, 0.15) is 11.8 Å². The van der Waals surface area contributed by atoms with Crippen molar-refractivity contribution in [1.29, 1.82) is 0 Å². The summed E-state index contributed by atoms with van der Waals surface area (Å²) in [5, 5.41) is 4.27. The van der Waals surface area contributed by atoms with Crippen molar-refractivity contribution in [2.24, 2.45) is 0 Å². The molecule has 0 bridgehead atoms. The molecule has 1 fully saturated rings. The fourth-order valence-corrected chi connectivity index (χ4v) is 2.99. The van der Waals surface area contributed by atoms with Crippen LogP contribution < -0.4 is 10.2 Å². The van der Waals surface area contributed by atoms with Crippen molar-refractivity contribution in [2.75, 3.05) is 31.1 Å². The number of fused-ring (bicyclic) bond motifs is 3. The second-order valence-corrected chi connectivity index (χ2v) is 5.69. The van der Waals surface area contributed by atoms with Crippen molar-refractivity contribution in [3.8, 4) is 0 Å². The molecule has 1 aromatic carbocycles. The standard InChI is InChI=1S/C16H14F3N5/c17-16(18,19)10-1-2-13-11(7-10)12-8-21-9-22-14(12)15(23-13)24-5-3-20-4-6-24/h1-2,7-9,20H,3-6H2. The second kappa shape index (κ2) is 5.55. The Bertz CT molecular complexity index is 903. The average Bonchev–Trinajstić information content (AvgIpc) is 2.60. The van der Waals surface area contributed by atoms with Crippen molar-refractivity contribution in [1.82, 2.24) is 20.3 Å². The first kappa shape index (κ1) is 15.1. The Morgan fingerprint density at radius 2 is 1.88 bits per heavy atom. The Kier molecular flexibility index (Phi) is 3.49. The lowest BCUT2D eigenvalue weighted by molar-refractivity contribution is -0.137. The average molecular weight is 333 g/mol. The fraction of sp³-hybridized carbons (Fsp3) is 0.312. The summed E-state index contributed by atoms with van der Waals surface area (Å²) < 4.78 is 39.1. The zero-order valence-corrected chi connectivity index (χ0v) is 12.6. The third kappa shape index (κ3) is 2.52. The van der Waals surface area contributed by atoms with Crippen LogP contribution in [0.2, 0.25) is 0 Å². The van der Waals surface area contributed by atoms with E-state index in [2.05, 4.69) is 25.2 Å². The maximum atomic E-state index is 13.0. The largest absolute Gasteiger partial charge is 0.416 e. The Labute approximate surface area is 135 Å². The molecule has 0 atom stereocenters. The van der Waals surface area contributed by atoms with Crippen LogP contribution in [-0.4, -0.2) is 41.1 Å². The smallest absolute Gasteiger partial charge is 0.352 e. The van der Waals surface area contributed by atoms with E-state index in [1.54, 1.807) is 6.20 Å². The predicted molar refractivity (Wildman–Crippen MR) is 84.9 cm³/mol. The van der Waals surface area contributed by atoms with Gasteiger partial charge in [-0.15, -0.1) is 0 Å². The van der Waals surface area contributed by atoms with Gasteiger partial charge in [-0.2, -0.15) is 13.2 Å². The van der Waals surface area contributed by atoms with E-state index in [-0.39, 0.29) is 0 Å². The van der Waals surface area contributed by atoms with Gasteiger partial charge in [-0.1, -0.05) is 0 Å². The number of halogens is 3. The van der Waals surface area contributed by atoms with Crippen molar-refractivity contribution >= 4 is 27.6 Å². The molecular weight excluding hydrogens is 319 g/mol. The van der Waals surface area contributed by atoms with Gasteiger partial charge in [-0.3, -0.25) is 0 Å². The molecule has 8 heteroatoms. The van der Waals surface area contributed by atoms with E-state index < -0.39 is 11.7 Å². The highest BCUT2D eigenvalue weighted by molar-refractivity contribution is 6.08. The molecule has 3 aromatic rings. The van der Waals surface area contributed by atoms with Gasteiger partial charge in [0.2, 0.25) is 0 Å². The molecule has 0 radical (unpaired) electrons. The minimum atomic E-state index is -4.40. The third-order valence-corrected chi connectivity index (χ3v) is 4.18. The molecule has 0 unspecified atom stereocenters. The van der Waals surface area contributed by atoms with Gasteiger partial charge in [0.15, 0.2) is 5.82 Å². The summed E-state index contributed by atoms with van der Waals surface area (Å²) in [5.74, 6) is 0.696. The van der Waals surface area contributed by atoms with Gasteiger partial charge in [-0.05, 0) is 18.2 Å². The number of piperazine rings is 1. The molecule has 3 heterocycles. The highest BCUT2D eigenvalue weighted by Crippen LogP contribution is 2.35. The monoisotopic (exact) mass is 333 g/mol. The summed E-state index contributed by atoms with van der Waals surface area (Å²) in [7, 11) is 0. The number of nitrogens with zero attached hydrogens (tertiary/aromatic N) is 4. The van der Waals surface area contributed by atoms with E-state index in [9.17, 15) is 13.2 Å². The molecule has 5 nitrogen and oxygen atoms in total. The van der Waals surface area contributed by atoms with E-state index >= 15 is 0 Å². The maximum Gasteiger partial charge on any atom is 0.416 e. The minimum absolute atomic E-state index is 0.416. The zero-order valence-electron chi connectivity index (χ0n) is 12.6. The van der Waals surface area contributed by atoms with Gasteiger partial charge in [0, 0.05) is 43.1 Å². The summed E-state index contributed by atoms with van der Waals surface area (Å²) >= 11 is 0. The summed E-state index contributed by atoms with van der Waals surface area (Å²) in [4.78, 5) is 15.0. The quantitative estimate of drug-likeness (QED) is 0.694. The topological polar surface area (TPSA) is 53.9 Å². The number of anilines is 1. The molecule has 4 rings (SSSR count). The van der Waals surface area contributed by atoms with Crippen LogP contribution in [0.3, 0.4) is 0 Å². The van der Waals surface area contributed by atoms with Gasteiger partial charge in [0.05, 0.1) is 11.1 Å². The van der Waals surface area contributed by atoms with Crippen molar-refractivity contribution < 1.29 is 13.2 Å². The molecule has 1 aliphatic rings. The van der Waals surface area contributed by atoms with E-state index in [4.69, 9.17) is 0 Å². The lowest BCUT2D eigenvalue weighted by atomic mass is 10.1. The molecule has 0 amide bonds. The molecule has 1 saturated heterocycles. The predicted octanol–water partition coefficient (Wildman–Crippen LogP) is 2.61. The summed E-state index contributed by atoms with van der Waals surface area (Å²) in [5.41, 5.74) is 0.398. The lowest BCUT2D eigenvalue weighted by Crippen LogP contribution is -2.44. The molecule has 124 valence electrons. The number of pyridine rings is 1. The van der Waals surface area contributed by atoms with E-state index in [0.717, 1.165) is 38.3 Å². The van der Waals surface area contributed by atoms with E-state index in [1.807, 2.05) is 0 Å². The van der Waals surface area contributed by atoms with Crippen LogP contribution in [0.15, 0.2) is 30.7 Å². The number of nitrogens with one attached hydrogen (secondary N) is 1. The number of benzene rings is 1. The van der Waals surface area contributed by atoms with Crippen molar-refractivity contribution in [2.45, 2.75) is 6.18 Å². The number of aromatic nitrogens is 3. The lowest BCUT2D eigenvalue weighted by Gasteiger charge is -2.29. The first-order chi connectivity index (χ1) is 11.5. The molecule has 0 saturated carbocycles. The van der Waals surface area contributed by atoms with Crippen LogP contribution in [0.25, 0.3) is 21.8 Å². The molecule has 0 aliphatic carbocycles. The van der Waals surface area contributed by atoms with Crippen molar-refractivity contribution in [3.05, 3.63) is 36.3 Å². The van der Waals surface area contributed by atoms with E-state index in [0.29, 0.717) is 27.6 Å². The van der Waals surface area contributed by atoms with Crippen LogP contribution in [-0.2, 0) is 6.18 Å². The van der Waals surface area contributed by atoms with Gasteiger partial charge in [-0.25, -0.2) is 15.0 Å². The number of rotatable bonds is 1.